The molecule has 1 aliphatic rings. The lowest BCUT2D eigenvalue weighted by Gasteiger charge is -2.32. The number of carbonyl (C=O) groups excluding carboxylic acids is 1. The zero-order valence-corrected chi connectivity index (χ0v) is 14.4. The summed E-state index contributed by atoms with van der Waals surface area (Å²) in [5, 5.41) is 8.31. The summed E-state index contributed by atoms with van der Waals surface area (Å²) < 4.78 is 7.00. The third kappa shape index (κ3) is 3.67. The fourth-order valence-corrected chi connectivity index (χ4v) is 3.26. The summed E-state index contributed by atoms with van der Waals surface area (Å²) in [6.45, 7) is 8.18. The molecule has 1 atom stereocenters. The third-order valence-corrected chi connectivity index (χ3v) is 4.62. The molecule has 1 saturated heterocycles. The van der Waals surface area contributed by atoms with E-state index in [9.17, 15) is 4.79 Å². The number of carbonyl (C=O) groups is 1. The maximum Gasteiger partial charge on any atom is 0.276 e. The van der Waals surface area contributed by atoms with Gasteiger partial charge < -0.3 is 9.32 Å². The molecule has 0 aliphatic carbocycles. The van der Waals surface area contributed by atoms with Crippen LogP contribution < -0.4 is 0 Å². The minimum atomic E-state index is -0.0442. The second-order valence-electron chi connectivity index (χ2n) is 6.22. The number of aromatic nitrogens is 3. The van der Waals surface area contributed by atoms with Crippen LogP contribution in [0.5, 0.6) is 0 Å². The first-order valence-corrected chi connectivity index (χ1v) is 8.65. The second-order valence-corrected chi connectivity index (χ2v) is 6.22. The Labute approximate surface area is 142 Å². The Morgan fingerprint density at radius 3 is 2.96 bits per heavy atom. The topological polar surface area (TPSA) is 67.4 Å². The molecule has 0 aromatic carbocycles. The Hall–Kier alpha value is -2.15. The Kier molecular flexibility index (Phi) is 5.30. The second kappa shape index (κ2) is 7.61. The van der Waals surface area contributed by atoms with Gasteiger partial charge in [0.25, 0.3) is 5.91 Å². The minimum absolute atomic E-state index is 0.0442. The molecule has 24 heavy (non-hydrogen) atoms. The van der Waals surface area contributed by atoms with E-state index >= 15 is 0 Å². The van der Waals surface area contributed by atoms with E-state index in [-0.39, 0.29) is 11.9 Å². The van der Waals surface area contributed by atoms with Crippen molar-refractivity contribution in [2.75, 3.05) is 26.2 Å². The van der Waals surface area contributed by atoms with Crippen LogP contribution in [0.1, 0.15) is 48.8 Å². The highest BCUT2D eigenvalue weighted by atomic mass is 16.3. The molecular formula is C17H25N5O2. The standard InChI is InChI=1S/C17H25N5O2/c1-3-21(4-2)17(23)16-12-22(19-18-16)15-6-5-8-20(11-15)10-14-7-9-24-13-14/h7,9,12-13,15H,3-6,8,10-11H2,1-2H3/t15-/m0/s1. The van der Waals surface area contributed by atoms with Gasteiger partial charge in [-0.15, -0.1) is 5.10 Å². The molecule has 0 unspecified atom stereocenters. The molecule has 3 rings (SSSR count). The van der Waals surface area contributed by atoms with Crippen LogP contribution in [0.4, 0.5) is 0 Å². The number of furan rings is 1. The van der Waals surface area contributed by atoms with E-state index in [2.05, 4.69) is 15.2 Å². The van der Waals surface area contributed by atoms with Crippen LogP contribution in [0.3, 0.4) is 0 Å². The number of nitrogens with zero attached hydrogens (tertiary/aromatic N) is 5. The van der Waals surface area contributed by atoms with Gasteiger partial charge in [0.1, 0.15) is 0 Å². The van der Waals surface area contributed by atoms with Gasteiger partial charge in [-0.1, -0.05) is 5.21 Å². The van der Waals surface area contributed by atoms with E-state index in [1.165, 1.54) is 5.56 Å². The average Bonchev–Trinajstić information content (AvgIpc) is 3.28. The summed E-state index contributed by atoms with van der Waals surface area (Å²) in [5.41, 5.74) is 1.62. The molecule has 7 heteroatoms. The fraction of sp³-hybridized carbons (Fsp3) is 0.588. The summed E-state index contributed by atoms with van der Waals surface area (Å²) in [4.78, 5) is 16.5. The Morgan fingerprint density at radius 1 is 1.42 bits per heavy atom. The number of hydrogen-bond donors (Lipinski definition) is 0. The van der Waals surface area contributed by atoms with Gasteiger partial charge in [-0.25, -0.2) is 4.68 Å². The normalized spacial score (nSPS) is 18.7. The van der Waals surface area contributed by atoms with Gasteiger partial charge in [0.05, 0.1) is 24.8 Å². The molecule has 1 fully saturated rings. The molecule has 130 valence electrons. The van der Waals surface area contributed by atoms with Crippen LogP contribution in [-0.2, 0) is 6.54 Å². The van der Waals surface area contributed by atoms with Crippen LogP contribution in [0.2, 0.25) is 0 Å². The van der Waals surface area contributed by atoms with Gasteiger partial charge in [-0.05, 0) is 39.3 Å². The molecule has 1 amide bonds. The molecule has 7 nitrogen and oxygen atoms in total. The highest BCUT2D eigenvalue weighted by Gasteiger charge is 2.24. The maximum atomic E-state index is 12.4. The molecular weight excluding hydrogens is 306 g/mol. The molecule has 0 bridgehead atoms. The van der Waals surface area contributed by atoms with Crippen LogP contribution in [0.15, 0.2) is 29.2 Å². The Morgan fingerprint density at radius 2 is 2.25 bits per heavy atom. The predicted octanol–water partition coefficient (Wildman–Crippen LogP) is 2.19. The van der Waals surface area contributed by atoms with Crippen molar-refractivity contribution in [2.24, 2.45) is 0 Å². The summed E-state index contributed by atoms with van der Waals surface area (Å²) >= 11 is 0. The van der Waals surface area contributed by atoms with Crippen molar-refractivity contribution in [3.8, 4) is 0 Å². The highest BCUT2D eigenvalue weighted by Crippen LogP contribution is 2.22. The smallest absolute Gasteiger partial charge is 0.276 e. The average molecular weight is 331 g/mol. The molecule has 1 aliphatic heterocycles. The molecule has 0 saturated carbocycles. The lowest BCUT2D eigenvalue weighted by atomic mass is 10.1. The van der Waals surface area contributed by atoms with Gasteiger partial charge in [-0.3, -0.25) is 9.69 Å². The monoisotopic (exact) mass is 331 g/mol. The van der Waals surface area contributed by atoms with E-state index in [1.807, 2.05) is 24.6 Å². The first-order valence-electron chi connectivity index (χ1n) is 8.65. The maximum absolute atomic E-state index is 12.4. The molecule has 0 spiro atoms. The van der Waals surface area contributed by atoms with E-state index in [0.717, 1.165) is 32.5 Å². The van der Waals surface area contributed by atoms with Crippen molar-refractivity contribution in [2.45, 2.75) is 39.3 Å². The molecule has 0 N–H and O–H groups in total. The minimum Gasteiger partial charge on any atom is -0.472 e. The van der Waals surface area contributed by atoms with Crippen LogP contribution in [0.25, 0.3) is 0 Å². The van der Waals surface area contributed by atoms with Gasteiger partial charge in [0, 0.05) is 31.7 Å². The van der Waals surface area contributed by atoms with Crippen LogP contribution in [0, 0.1) is 0 Å². The predicted molar refractivity (Wildman–Crippen MR) is 89.5 cm³/mol. The summed E-state index contributed by atoms with van der Waals surface area (Å²) in [7, 11) is 0. The van der Waals surface area contributed by atoms with E-state index in [4.69, 9.17) is 4.42 Å². The van der Waals surface area contributed by atoms with Gasteiger partial charge in [0.15, 0.2) is 5.69 Å². The van der Waals surface area contributed by atoms with Gasteiger partial charge >= 0.3 is 0 Å². The van der Waals surface area contributed by atoms with E-state index < -0.39 is 0 Å². The van der Waals surface area contributed by atoms with E-state index in [1.54, 1.807) is 23.6 Å². The Bertz CT molecular complexity index is 648. The first kappa shape index (κ1) is 16.7. The zero-order chi connectivity index (χ0) is 16.9. The lowest BCUT2D eigenvalue weighted by Crippen LogP contribution is -2.36. The third-order valence-electron chi connectivity index (χ3n) is 4.62. The highest BCUT2D eigenvalue weighted by molar-refractivity contribution is 5.91. The first-order chi connectivity index (χ1) is 11.7. The van der Waals surface area contributed by atoms with E-state index in [0.29, 0.717) is 18.8 Å². The van der Waals surface area contributed by atoms with Gasteiger partial charge in [0.2, 0.25) is 0 Å². The number of rotatable bonds is 6. The summed E-state index contributed by atoms with van der Waals surface area (Å²) in [6, 6.07) is 2.26. The molecule has 3 heterocycles. The number of piperidine rings is 1. The van der Waals surface area contributed by atoms with Crippen molar-refractivity contribution in [1.29, 1.82) is 0 Å². The number of likely N-dealkylation sites (tertiary alicyclic amines) is 1. The zero-order valence-electron chi connectivity index (χ0n) is 14.4. The molecule has 2 aromatic rings. The Balaban J connectivity index is 1.65. The largest absolute Gasteiger partial charge is 0.472 e. The quantitative estimate of drug-likeness (QED) is 0.812. The van der Waals surface area contributed by atoms with Crippen molar-refractivity contribution in [1.82, 2.24) is 24.8 Å². The van der Waals surface area contributed by atoms with Crippen LogP contribution >= 0.6 is 0 Å². The van der Waals surface area contributed by atoms with Crippen molar-refractivity contribution in [3.05, 3.63) is 36.0 Å². The summed E-state index contributed by atoms with van der Waals surface area (Å²) in [5.74, 6) is -0.0442. The molecule has 2 aromatic heterocycles. The molecule has 0 radical (unpaired) electrons. The fourth-order valence-electron chi connectivity index (χ4n) is 3.26. The number of hydrogen-bond acceptors (Lipinski definition) is 5. The van der Waals surface area contributed by atoms with Gasteiger partial charge in [-0.2, -0.15) is 0 Å². The SMILES string of the molecule is CCN(CC)C(=O)c1cn([C@H]2CCCN(Cc3ccoc3)C2)nn1. The van der Waals surface area contributed by atoms with Crippen LogP contribution in [-0.4, -0.2) is 56.9 Å². The lowest BCUT2D eigenvalue weighted by molar-refractivity contribution is 0.0767. The van der Waals surface area contributed by atoms with Crippen molar-refractivity contribution in [3.63, 3.8) is 0 Å². The van der Waals surface area contributed by atoms with Crippen molar-refractivity contribution < 1.29 is 9.21 Å². The van der Waals surface area contributed by atoms with Crippen molar-refractivity contribution >= 4 is 5.91 Å². The number of amides is 1. The summed E-state index contributed by atoms with van der Waals surface area (Å²) in [6.07, 6.45) is 7.47.